The van der Waals surface area contributed by atoms with Crippen LogP contribution in [0.25, 0.3) is 0 Å². The number of hydrogen-bond donors (Lipinski definition) is 1. The molecule has 3 nitrogen and oxygen atoms in total. The first kappa shape index (κ1) is 13.5. The molecule has 0 aromatic heterocycles. The summed E-state index contributed by atoms with van der Waals surface area (Å²) in [5.74, 6) is 0.915. The van der Waals surface area contributed by atoms with Crippen molar-refractivity contribution in [2.45, 2.75) is 33.2 Å². The Bertz CT molecular complexity index is 396. The molecule has 3 heteroatoms. The Morgan fingerprint density at radius 2 is 2.18 bits per heavy atom. The van der Waals surface area contributed by atoms with Crippen molar-refractivity contribution in [1.29, 1.82) is 5.26 Å². The topological polar surface area (TPSA) is 45.0 Å². The van der Waals surface area contributed by atoms with Crippen LogP contribution in [0.5, 0.6) is 5.75 Å². The van der Waals surface area contributed by atoms with Gasteiger partial charge in [-0.3, -0.25) is 0 Å². The number of hydrogen-bond acceptors (Lipinski definition) is 3. The van der Waals surface area contributed by atoms with Gasteiger partial charge in [-0.15, -0.1) is 0 Å². The van der Waals surface area contributed by atoms with Gasteiger partial charge in [-0.25, -0.2) is 0 Å². The van der Waals surface area contributed by atoms with Gasteiger partial charge in [0.25, 0.3) is 0 Å². The maximum atomic E-state index is 8.88. The number of aryl methyl sites for hydroxylation is 1. The van der Waals surface area contributed by atoms with E-state index in [4.69, 9.17) is 10.00 Å². The Morgan fingerprint density at radius 3 is 2.82 bits per heavy atom. The molecule has 1 aromatic rings. The van der Waals surface area contributed by atoms with Gasteiger partial charge < -0.3 is 10.1 Å². The van der Waals surface area contributed by atoms with Crippen molar-refractivity contribution in [3.8, 4) is 11.8 Å². The van der Waals surface area contributed by atoms with E-state index in [1.807, 2.05) is 19.1 Å². The number of nitrogens with zero attached hydrogens (tertiary/aromatic N) is 1. The van der Waals surface area contributed by atoms with Crippen LogP contribution in [0, 0.1) is 25.2 Å². The van der Waals surface area contributed by atoms with Crippen molar-refractivity contribution in [3.05, 3.63) is 29.3 Å². The Kier molecular flexibility index (Phi) is 5.51. The van der Waals surface area contributed by atoms with Crippen molar-refractivity contribution >= 4 is 0 Å². The van der Waals surface area contributed by atoms with Gasteiger partial charge in [-0.1, -0.05) is 19.1 Å². The highest BCUT2D eigenvalue weighted by Gasteiger charge is 2.06. The molecule has 1 N–H and O–H groups in total. The molecule has 0 radical (unpaired) electrons. The first-order valence-electron chi connectivity index (χ1n) is 6.01. The lowest BCUT2D eigenvalue weighted by Gasteiger charge is -2.13. The van der Waals surface area contributed by atoms with Crippen LogP contribution in [0.1, 0.15) is 24.5 Å². The second-order valence-electron chi connectivity index (χ2n) is 4.07. The molecule has 1 atom stereocenters. The Morgan fingerprint density at radius 1 is 1.41 bits per heavy atom. The summed E-state index contributed by atoms with van der Waals surface area (Å²) in [4.78, 5) is 0. The molecule has 0 aliphatic heterocycles. The normalized spacial score (nSPS) is 11.9. The molecule has 0 aliphatic carbocycles. The molecule has 0 aliphatic rings. The van der Waals surface area contributed by atoms with Crippen LogP contribution in [-0.2, 0) is 0 Å². The van der Waals surface area contributed by atoms with E-state index in [1.54, 1.807) is 0 Å². The predicted octanol–water partition coefficient (Wildman–Crippen LogP) is 2.57. The molecule has 0 bridgehead atoms. The zero-order valence-corrected chi connectivity index (χ0v) is 10.8. The van der Waals surface area contributed by atoms with E-state index < -0.39 is 0 Å². The number of ether oxygens (including phenoxy) is 1. The lowest BCUT2D eigenvalue weighted by atomic mass is 10.1. The van der Waals surface area contributed by atoms with Gasteiger partial charge in [0, 0.05) is 6.42 Å². The van der Waals surface area contributed by atoms with E-state index >= 15 is 0 Å². The van der Waals surface area contributed by atoms with Gasteiger partial charge in [-0.2, -0.15) is 5.26 Å². The third kappa shape index (κ3) is 4.08. The van der Waals surface area contributed by atoms with E-state index in [0.717, 1.165) is 12.3 Å². The van der Waals surface area contributed by atoms with E-state index in [2.05, 4.69) is 31.3 Å². The van der Waals surface area contributed by atoms with Gasteiger partial charge in [0.2, 0.25) is 0 Å². The smallest absolute Gasteiger partial charge is 0.122 e. The van der Waals surface area contributed by atoms with Crippen molar-refractivity contribution in [1.82, 2.24) is 5.32 Å². The maximum Gasteiger partial charge on any atom is 0.122 e. The fraction of sp³-hybridized carbons (Fsp3) is 0.500. The first-order valence-corrected chi connectivity index (χ1v) is 6.01. The van der Waals surface area contributed by atoms with Crippen LogP contribution in [-0.4, -0.2) is 19.2 Å². The highest BCUT2D eigenvalue weighted by molar-refractivity contribution is 5.38. The Balaban J connectivity index is 2.46. The van der Waals surface area contributed by atoms with E-state index in [9.17, 15) is 0 Å². The van der Waals surface area contributed by atoms with Crippen LogP contribution in [0.2, 0.25) is 0 Å². The van der Waals surface area contributed by atoms with Crippen molar-refractivity contribution < 1.29 is 4.74 Å². The molecule has 1 unspecified atom stereocenters. The summed E-state index contributed by atoms with van der Waals surface area (Å²) in [7, 11) is 0. The zero-order valence-electron chi connectivity index (χ0n) is 10.8. The summed E-state index contributed by atoms with van der Waals surface area (Å²) in [6, 6.07) is 8.13. The third-order valence-corrected chi connectivity index (χ3v) is 2.83. The molecule has 0 amide bonds. The standard InChI is InChI=1S/C14H20N2O/c1-4-16-13(10-15)8-9-17-14-7-5-6-11(2)12(14)3/h5-7,13,16H,4,8-9H2,1-3H3. The van der Waals surface area contributed by atoms with Crippen molar-refractivity contribution in [3.63, 3.8) is 0 Å². The van der Waals surface area contributed by atoms with Crippen LogP contribution in [0.15, 0.2) is 18.2 Å². The Hall–Kier alpha value is -1.53. The van der Waals surface area contributed by atoms with Crippen LogP contribution >= 0.6 is 0 Å². The number of rotatable bonds is 6. The van der Waals surface area contributed by atoms with E-state index in [-0.39, 0.29) is 6.04 Å². The summed E-state index contributed by atoms with van der Waals surface area (Å²) >= 11 is 0. The highest BCUT2D eigenvalue weighted by atomic mass is 16.5. The second kappa shape index (κ2) is 6.93. The highest BCUT2D eigenvalue weighted by Crippen LogP contribution is 2.20. The van der Waals surface area contributed by atoms with Gasteiger partial charge in [0.1, 0.15) is 5.75 Å². The van der Waals surface area contributed by atoms with Crippen molar-refractivity contribution in [2.24, 2.45) is 0 Å². The van der Waals surface area contributed by atoms with Crippen LogP contribution < -0.4 is 10.1 Å². The fourth-order valence-electron chi connectivity index (χ4n) is 1.63. The molecule has 0 saturated heterocycles. The quantitative estimate of drug-likeness (QED) is 0.820. The van der Waals surface area contributed by atoms with E-state index in [0.29, 0.717) is 13.0 Å². The summed E-state index contributed by atoms with van der Waals surface area (Å²) < 4.78 is 5.71. The zero-order chi connectivity index (χ0) is 12.7. The largest absolute Gasteiger partial charge is 0.493 e. The summed E-state index contributed by atoms with van der Waals surface area (Å²) in [6.45, 7) is 7.49. The fourth-order valence-corrected chi connectivity index (χ4v) is 1.63. The molecule has 1 aromatic carbocycles. The molecule has 0 spiro atoms. The first-order chi connectivity index (χ1) is 8.19. The second-order valence-corrected chi connectivity index (χ2v) is 4.07. The molecular formula is C14H20N2O. The van der Waals surface area contributed by atoms with Gasteiger partial charge in [0.15, 0.2) is 0 Å². The minimum Gasteiger partial charge on any atom is -0.493 e. The van der Waals surface area contributed by atoms with Gasteiger partial charge >= 0.3 is 0 Å². The molecule has 17 heavy (non-hydrogen) atoms. The minimum absolute atomic E-state index is 0.120. The van der Waals surface area contributed by atoms with E-state index in [1.165, 1.54) is 11.1 Å². The molecule has 0 fully saturated rings. The van der Waals surface area contributed by atoms with Gasteiger partial charge in [0.05, 0.1) is 18.7 Å². The Labute approximate surface area is 103 Å². The molecular weight excluding hydrogens is 212 g/mol. The summed E-state index contributed by atoms with van der Waals surface area (Å²) in [6.07, 6.45) is 0.706. The van der Waals surface area contributed by atoms with Crippen LogP contribution in [0.4, 0.5) is 0 Å². The molecule has 0 saturated carbocycles. The average molecular weight is 232 g/mol. The minimum atomic E-state index is -0.120. The monoisotopic (exact) mass is 232 g/mol. The number of nitrogens with one attached hydrogen (secondary N) is 1. The molecule has 92 valence electrons. The summed E-state index contributed by atoms with van der Waals surface area (Å²) in [5.41, 5.74) is 2.40. The molecule has 1 rings (SSSR count). The SMILES string of the molecule is CCNC(C#N)CCOc1cccc(C)c1C. The lowest BCUT2D eigenvalue weighted by Crippen LogP contribution is -2.28. The van der Waals surface area contributed by atoms with Crippen molar-refractivity contribution in [2.75, 3.05) is 13.2 Å². The third-order valence-electron chi connectivity index (χ3n) is 2.83. The maximum absolute atomic E-state index is 8.88. The molecule has 0 heterocycles. The number of nitriles is 1. The number of benzene rings is 1. The summed E-state index contributed by atoms with van der Waals surface area (Å²) in [5, 5.41) is 12.0. The average Bonchev–Trinajstić information content (AvgIpc) is 2.33. The lowest BCUT2D eigenvalue weighted by molar-refractivity contribution is 0.296. The predicted molar refractivity (Wildman–Crippen MR) is 69.1 cm³/mol. The van der Waals surface area contributed by atoms with Crippen LogP contribution in [0.3, 0.4) is 0 Å². The van der Waals surface area contributed by atoms with Gasteiger partial charge in [-0.05, 0) is 37.6 Å².